The number of rotatable bonds is 10. The minimum absolute atomic E-state index is 0.169. The van der Waals surface area contributed by atoms with Crippen molar-refractivity contribution in [1.29, 1.82) is 0 Å². The first kappa shape index (κ1) is 27.9. The molecule has 1 amide bonds. The molecular weight excluding hydrogens is 523 g/mol. The number of carbonyl (C=O) groups excluding carboxylic acids is 1. The molecule has 1 aliphatic heterocycles. The van der Waals surface area contributed by atoms with Crippen LogP contribution in [0.25, 0.3) is 17.7 Å². The molecular formula is C29H27BClF2N3O3. The number of amides is 1. The zero-order valence-corrected chi connectivity index (χ0v) is 22.5. The molecule has 3 aromatic rings. The molecule has 0 atom stereocenters. The minimum Gasteiger partial charge on any atom is -0.493 e. The third-order valence-electron chi connectivity index (χ3n) is 6.01. The lowest BCUT2D eigenvalue weighted by Gasteiger charge is -2.16. The van der Waals surface area contributed by atoms with E-state index in [9.17, 15) is 13.4 Å². The van der Waals surface area contributed by atoms with Crippen molar-refractivity contribution in [3.05, 3.63) is 94.5 Å². The van der Waals surface area contributed by atoms with Crippen LogP contribution in [-0.4, -0.2) is 43.6 Å². The molecule has 0 spiro atoms. The van der Waals surface area contributed by atoms with Gasteiger partial charge in [0.1, 0.15) is 5.88 Å². The summed E-state index contributed by atoms with van der Waals surface area (Å²) in [7, 11) is -1.25. The zero-order chi connectivity index (χ0) is 27.9. The molecule has 2 aromatic carbocycles. The van der Waals surface area contributed by atoms with E-state index in [1.54, 1.807) is 87.0 Å². The molecule has 200 valence electrons. The number of alkyl halides is 1. The van der Waals surface area contributed by atoms with Gasteiger partial charge in [-0.25, -0.2) is 0 Å². The highest BCUT2D eigenvalue weighted by Crippen LogP contribution is 2.35. The van der Waals surface area contributed by atoms with Crippen LogP contribution in [0.4, 0.5) is 14.3 Å². The van der Waals surface area contributed by atoms with E-state index in [4.69, 9.17) is 21.1 Å². The van der Waals surface area contributed by atoms with E-state index >= 15 is 0 Å². The van der Waals surface area contributed by atoms with Crippen molar-refractivity contribution in [2.75, 3.05) is 24.9 Å². The Bertz CT molecular complexity index is 1460. The molecule has 1 N–H and O–H groups in total. The van der Waals surface area contributed by atoms with Gasteiger partial charge in [0.05, 0.1) is 19.4 Å². The van der Waals surface area contributed by atoms with Gasteiger partial charge in [0.15, 0.2) is 11.5 Å². The molecule has 6 nitrogen and oxygen atoms in total. The highest BCUT2D eigenvalue weighted by molar-refractivity contribution is 6.42. The number of hydrogen-bond acceptors (Lipinski definition) is 4. The lowest BCUT2D eigenvalue weighted by Crippen LogP contribution is -2.18. The summed E-state index contributed by atoms with van der Waals surface area (Å²) in [6, 6.07) is 14.1. The van der Waals surface area contributed by atoms with Crippen LogP contribution in [0.2, 0.25) is 0 Å². The normalized spacial score (nSPS) is 13.7. The predicted molar refractivity (Wildman–Crippen MR) is 155 cm³/mol. The van der Waals surface area contributed by atoms with Crippen LogP contribution in [0.15, 0.2) is 71.4 Å². The van der Waals surface area contributed by atoms with E-state index in [2.05, 4.69) is 10.3 Å². The lowest BCUT2D eigenvalue weighted by molar-refractivity contribution is -0.113. The Morgan fingerprint density at radius 3 is 2.51 bits per heavy atom. The largest absolute Gasteiger partial charge is 0.678 e. The van der Waals surface area contributed by atoms with Gasteiger partial charge in [-0.05, 0) is 79.1 Å². The Hall–Kier alpha value is -4.11. The predicted octanol–water partition coefficient (Wildman–Crippen LogP) is 6.72. The van der Waals surface area contributed by atoms with Crippen LogP contribution < -0.4 is 14.8 Å². The number of nitrogens with zero attached hydrogens (tertiary/aromatic N) is 2. The van der Waals surface area contributed by atoms with Crippen LogP contribution >= 0.6 is 11.6 Å². The molecule has 0 saturated heterocycles. The number of allylic oxidation sites excluding steroid dienone is 2. The summed E-state index contributed by atoms with van der Waals surface area (Å²) in [5.41, 5.74) is 4.46. The van der Waals surface area contributed by atoms with Crippen LogP contribution in [0, 0.1) is 6.92 Å². The molecule has 1 aliphatic rings. The maximum Gasteiger partial charge on any atom is 0.678 e. The number of methoxy groups -OCH3 is 1. The Balaban J connectivity index is 1.78. The number of benzene rings is 2. The van der Waals surface area contributed by atoms with Gasteiger partial charge < -0.3 is 19.3 Å². The Kier molecular flexibility index (Phi) is 9.04. The SMILES string of the molecule is CCOc1cc(/C=C/c2cc(C)c(/C(=C3/C=CC=N3)c3ccc(NC(=O)CCl)cc3)n2B(F)F)ccc1OC. The van der Waals surface area contributed by atoms with Gasteiger partial charge in [0.25, 0.3) is 0 Å². The number of ether oxygens (including phenoxy) is 2. The van der Waals surface area contributed by atoms with Crippen molar-refractivity contribution >= 4 is 54.5 Å². The quantitative estimate of drug-likeness (QED) is 0.225. The number of anilines is 1. The summed E-state index contributed by atoms with van der Waals surface area (Å²) in [6.07, 6.45) is 8.57. The molecule has 0 fully saturated rings. The second-order valence-electron chi connectivity index (χ2n) is 8.58. The van der Waals surface area contributed by atoms with Crippen molar-refractivity contribution in [2.45, 2.75) is 13.8 Å². The summed E-state index contributed by atoms with van der Waals surface area (Å²) in [4.78, 5) is 16.1. The fourth-order valence-corrected chi connectivity index (χ4v) is 4.42. The van der Waals surface area contributed by atoms with Crippen molar-refractivity contribution in [3.63, 3.8) is 0 Å². The molecule has 0 radical (unpaired) electrons. The summed E-state index contributed by atoms with van der Waals surface area (Å²) in [5.74, 6) is 0.664. The molecule has 0 bridgehead atoms. The molecule has 4 rings (SSSR count). The first-order chi connectivity index (χ1) is 18.9. The molecule has 39 heavy (non-hydrogen) atoms. The van der Waals surface area contributed by atoms with E-state index in [0.29, 0.717) is 57.6 Å². The fraction of sp³-hybridized carbons (Fsp3) is 0.172. The monoisotopic (exact) mass is 549 g/mol. The van der Waals surface area contributed by atoms with Crippen LogP contribution in [0.1, 0.15) is 35.0 Å². The van der Waals surface area contributed by atoms with Gasteiger partial charge >= 0.3 is 7.40 Å². The number of halogens is 3. The molecule has 10 heteroatoms. The summed E-state index contributed by atoms with van der Waals surface area (Å²) in [6.45, 7) is 4.14. The number of nitrogens with one attached hydrogen (secondary N) is 1. The highest BCUT2D eigenvalue weighted by Gasteiger charge is 2.28. The molecule has 1 aromatic heterocycles. The zero-order valence-electron chi connectivity index (χ0n) is 21.8. The first-order valence-electron chi connectivity index (χ1n) is 12.3. The summed E-state index contributed by atoms with van der Waals surface area (Å²) < 4.78 is 41.3. The van der Waals surface area contributed by atoms with Crippen LogP contribution in [0.5, 0.6) is 11.5 Å². The van der Waals surface area contributed by atoms with Gasteiger partial charge in [0, 0.05) is 28.9 Å². The van der Waals surface area contributed by atoms with E-state index in [0.717, 1.165) is 10.0 Å². The van der Waals surface area contributed by atoms with E-state index in [-0.39, 0.29) is 11.8 Å². The number of aryl methyl sites for hydroxylation is 1. The van der Waals surface area contributed by atoms with Crippen molar-refractivity contribution in [1.82, 2.24) is 4.48 Å². The fourth-order valence-electron chi connectivity index (χ4n) is 4.35. The van der Waals surface area contributed by atoms with Crippen molar-refractivity contribution in [2.24, 2.45) is 4.99 Å². The van der Waals surface area contributed by atoms with E-state index in [1.807, 2.05) is 13.0 Å². The average Bonchev–Trinajstić information content (AvgIpc) is 3.57. The van der Waals surface area contributed by atoms with Gasteiger partial charge in [-0.2, -0.15) is 0 Å². The standard InChI is InChI=1S/C29H27BClF2N3O3/c1-4-39-26-17-20(8-14-25(26)38-3)7-13-23-16-19(2)29(36(23)30(32)33)28(24-6-5-15-34-24)21-9-11-22(12-10-21)35-27(37)18-31/h5-17H,4,18H2,1-3H3,(H,35,37)/b13-7+,28-24-. The van der Waals surface area contributed by atoms with Crippen LogP contribution in [0.3, 0.4) is 0 Å². The van der Waals surface area contributed by atoms with E-state index < -0.39 is 7.40 Å². The number of aromatic nitrogens is 1. The molecule has 0 saturated carbocycles. The van der Waals surface area contributed by atoms with Gasteiger partial charge in [-0.1, -0.05) is 24.3 Å². The van der Waals surface area contributed by atoms with Gasteiger partial charge in [-0.3, -0.25) is 18.4 Å². The van der Waals surface area contributed by atoms with Crippen molar-refractivity contribution < 1.29 is 22.9 Å². The highest BCUT2D eigenvalue weighted by atomic mass is 35.5. The average molecular weight is 550 g/mol. The smallest absolute Gasteiger partial charge is 0.493 e. The molecule has 0 unspecified atom stereocenters. The number of carbonyl (C=O) groups is 1. The maximum absolute atomic E-state index is 14.7. The second-order valence-corrected chi connectivity index (χ2v) is 8.85. The van der Waals surface area contributed by atoms with Crippen molar-refractivity contribution in [3.8, 4) is 11.5 Å². The van der Waals surface area contributed by atoms with Gasteiger partial charge in [-0.15, -0.1) is 11.6 Å². The Morgan fingerprint density at radius 2 is 1.90 bits per heavy atom. The third-order valence-corrected chi connectivity index (χ3v) is 6.25. The van der Waals surface area contributed by atoms with Crippen LogP contribution in [-0.2, 0) is 4.79 Å². The summed E-state index contributed by atoms with van der Waals surface area (Å²) in [5, 5.41) is 2.68. The Labute approximate surface area is 231 Å². The molecule has 0 aliphatic carbocycles. The molecule has 2 heterocycles. The summed E-state index contributed by atoms with van der Waals surface area (Å²) >= 11 is 5.58. The topological polar surface area (TPSA) is 64.8 Å². The maximum atomic E-state index is 14.7. The number of aliphatic imine (C=N–C) groups is 1. The van der Waals surface area contributed by atoms with E-state index in [1.165, 1.54) is 0 Å². The number of hydrogen-bond donors (Lipinski definition) is 1. The minimum atomic E-state index is -2.81. The first-order valence-corrected chi connectivity index (χ1v) is 12.8. The lowest BCUT2D eigenvalue weighted by atomic mass is 9.96. The van der Waals surface area contributed by atoms with Gasteiger partial charge in [0.2, 0.25) is 5.91 Å². The third kappa shape index (κ3) is 6.31. The second kappa shape index (κ2) is 12.6. The Morgan fingerprint density at radius 1 is 1.13 bits per heavy atom.